The molecule has 3 N–H and O–H groups in total. The Kier molecular flexibility index (Phi) is 7.46. The van der Waals surface area contributed by atoms with E-state index in [4.69, 9.17) is 15.2 Å². The van der Waals surface area contributed by atoms with E-state index in [0.29, 0.717) is 36.8 Å². The number of rotatable bonds is 9. The zero-order chi connectivity index (χ0) is 16.5. The molecule has 0 saturated heterocycles. The predicted octanol–water partition coefficient (Wildman–Crippen LogP) is 2.77. The lowest BCUT2D eigenvalue weighted by Crippen LogP contribution is -2.25. The van der Waals surface area contributed by atoms with E-state index in [0.717, 1.165) is 12.0 Å². The van der Waals surface area contributed by atoms with Crippen LogP contribution in [0.2, 0.25) is 0 Å². The van der Waals surface area contributed by atoms with Crippen LogP contribution in [-0.4, -0.2) is 31.8 Å². The number of carbonyl (C=O) groups excluding carboxylic acids is 1. The molecule has 1 aromatic rings. The summed E-state index contributed by atoms with van der Waals surface area (Å²) in [6, 6.07) is 5.02. The molecule has 1 amide bonds. The van der Waals surface area contributed by atoms with Crippen LogP contribution in [0.4, 0.5) is 5.69 Å². The molecule has 122 valence electrons. The largest absolute Gasteiger partial charge is 0.487 e. The third kappa shape index (κ3) is 6.63. The van der Waals surface area contributed by atoms with Crippen molar-refractivity contribution in [2.24, 2.45) is 0 Å². The first-order valence-electron chi connectivity index (χ1n) is 7.46. The number of hydrogen-bond donors (Lipinski definition) is 2. The molecule has 0 fully saturated rings. The van der Waals surface area contributed by atoms with E-state index >= 15 is 0 Å². The van der Waals surface area contributed by atoms with Gasteiger partial charge in [0.15, 0.2) is 0 Å². The van der Waals surface area contributed by atoms with Crippen molar-refractivity contribution < 1.29 is 14.3 Å². The summed E-state index contributed by atoms with van der Waals surface area (Å²) < 4.78 is 10.9. The minimum absolute atomic E-state index is 0.150. The van der Waals surface area contributed by atoms with Gasteiger partial charge in [-0.1, -0.05) is 6.58 Å². The van der Waals surface area contributed by atoms with E-state index in [1.807, 2.05) is 20.8 Å². The van der Waals surface area contributed by atoms with Gasteiger partial charge in [0, 0.05) is 18.7 Å². The Morgan fingerprint density at radius 3 is 2.73 bits per heavy atom. The number of nitrogens with two attached hydrogens (primary N) is 1. The second-order valence-corrected chi connectivity index (χ2v) is 5.53. The summed E-state index contributed by atoms with van der Waals surface area (Å²) in [5.41, 5.74) is 7.77. The van der Waals surface area contributed by atoms with Crippen LogP contribution in [0.15, 0.2) is 30.4 Å². The maximum absolute atomic E-state index is 12.0. The molecule has 1 aromatic carbocycles. The minimum Gasteiger partial charge on any atom is -0.487 e. The van der Waals surface area contributed by atoms with Crippen molar-refractivity contribution in [2.75, 3.05) is 25.5 Å². The quantitative estimate of drug-likeness (QED) is 0.418. The van der Waals surface area contributed by atoms with E-state index in [-0.39, 0.29) is 12.0 Å². The van der Waals surface area contributed by atoms with Gasteiger partial charge in [0.1, 0.15) is 12.4 Å². The number of hydrogen-bond acceptors (Lipinski definition) is 4. The first-order valence-corrected chi connectivity index (χ1v) is 7.46. The summed E-state index contributed by atoms with van der Waals surface area (Å²) in [5.74, 6) is 0.410. The molecular formula is C17H26N2O3. The van der Waals surface area contributed by atoms with E-state index in [2.05, 4.69) is 11.9 Å². The van der Waals surface area contributed by atoms with E-state index in [1.165, 1.54) is 0 Å². The molecule has 0 atom stereocenters. The second kappa shape index (κ2) is 9.10. The molecule has 0 aliphatic heterocycles. The average Bonchev–Trinajstić information content (AvgIpc) is 2.44. The van der Waals surface area contributed by atoms with E-state index in [9.17, 15) is 4.79 Å². The van der Waals surface area contributed by atoms with Crippen molar-refractivity contribution in [1.29, 1.82) is 0 Å². The lowest BCUT2D eigenvalue weighted by molar-refractivity contribution is 0.0757. The van der Waals surface area contributed by atoms with Crippen LogP contribution < -0.4 is 15.8 Å². The summed E-state index contributed by atoms with van der Waals surface area (Å²) in [4.78, 5) is 12.0. The number of nitrogens with one attached hydrogen (secondary N) is 1. The van der Waals surface area contributed by atoms with Gasteiger partial charge in [-0.2, -0.15) is 0 Å². The monoisotopic (exact) mass is 306 g/mol. The maximum atomic E-state index is 12.0. The fraction of sp³-hybridized carbons (Fsp3) is 0.471. The van der Waals surface area contributed by atoms with Gasteiger partial charge in [-0.15, -0.1) is 0 Å². The number of carbonyl (C=O) groups is 1. The average molecular weight is 306 g/mol. The first kappa shape index (κ1) is 18.0. The normalized spacial score (nSPS) is 10.5. The third-order valence-electron chi connectivity index (χ3n) is 2.80. The Labute approximate surface area is 132 Å². The van der Waals surface area contributed by atoms with Crippen molar-refractivity contribution in [3.63, 3.8) is 0 Å². The van der Waals surface area contributed by atoms with Gasteiger partial charge in [-0.25, -0.2) is 0 Å². The van der Waals surface area contributed by atoms with Crippen LogP contribution in [0.5, 0.6) is 5.75 Å². The number of nitrogen functional groups attached to an aromatic ring is 1. The predicted molar refractivity (Wildman–Crippen MR) is 89.2 cm³/mol. The van der Waals surface area contributed by atoms with Gasteiger partial charge in [-0.3, -0.25) is 4.79 Å². The highest BCUT2D eigenvalue weighted by Gasteiger charge is 2.08. The Morgan fingerprint density at radius 1 is 1.41 bits per heavy atom. The first-order chi connectivity index (χ1) is 10.4. The molecule has 5 nitrogen and oxygen atoms in total. The summed E-state index contributed by atoms with van der Waals surface area (Å²) in [6.45, 7) is 11.2. The molecule has 0 heterocycles. The maximum Gasteiger partial charge on any atom is 0.251 e. The molecule has 0 unspecified atom stereocenters. The van der Waals surface area contributed by atoms with Crippen LogP contribution in [0.25, 0.3) is 0 Å². The third-order valence-corrected chi connectivity index (χ3v) is 2.80. The lowest BCUT2D eigenvalue weighted by atomic mass is 10.1. The van der Waals surface area contributed by atoms with Crippen molar-refractivity contribution in [3.8, 4) is 5.75 Å². The topological polar surface area (TPSA) is 73.6 Å². The van der Waals surface area contributed by atoms with Crippen molar-refractivity contribution in [1.82, 2.24) is 5.32 Å². The van der Waals surface area contributed by atoms with Crippen LogP contribution in [0, 0.1) is 0 Å². The molecule has 0 aromatic heterocycles. The molecule has 0 spiro atoms. The summed E-state index contributed by atoms with van der Waals surface area (Å²) >= 11 is 0. The van der Waals surface area contributed by atoms with Gasteiger partial charge in [0.25, 0.3) is 5.91 Å². The van der Waals surface area contributed by atoms with Crippen molar-refractivity contribution in [2.45, 2.75) is 33.3 Å². The molecule has 0 bridgehead atoms. The van der Waals surface area contributed by atoms with Gasteiger partial charge in [0.05, 0.1) is 11.8 Å². The molecular weight excluding hydrogens is 280 g/mol. The van der Waals surface area contributed by atoms with E-state index < -0.39 is 0 Å². The smallest absolute Gasteiger partial charge is 0.251 e. The zero-order valence-corrected chi connectivity index (χ0v) is 13.6. The second-order valence-electron chi connectivity index (χ2n) is 5.53. The fourth-order valence-electron chi connectivity index (χ4n) is 1.72. The minimum atomic E-state index is -0.150. The number of ether oxygens (including phenoxy) is 2. The molecule has 1 rings (SSSR count). The van der Waals surface area contributed by atoms with Gasteiger partial charge >= 0.3 is 0 Å². The fourth-order valence-corrected chi connectivity index (χ4v) is 1.72. The van der Waals surface area contributed by atoms with Gasteiger partial charge in [0.2, 0.25) is 0 Å². The van der Waals surface area contributed by atoms with Gasteiger partial charge in [-0.05, 0) is 51.0 Å². The summed E-state index contributed by atoms with van der Waals surface area (Å²) in [6.07, 6.45) is 0.987. The zero-order valence-electron chi connectivity index (χ0n) is 13.6. The van der Waals surface area contributed by atoms with Crippen molar-refractivity contribution in [3.05, 3.63) is 35.9 Å². The standard InChI is InChI=1S/C17H26N2O3/c1-12(2)11-22-16-7-6-14(10-15(16)18)17(20)19-8-5-9-21-13(3)4/h6-7,10,13H,1,5,8-9,11,18H2,2-4H3,(H,19,20). The number of benzene rings is 1. The molecule has 0 aliphatic rings. The highest BCUT2D eigenvalue weighted by atomic mass is 16.5. The van der Waals surface area contributed by atoms with Crippen LogP contribution in [-0.2, 0) is 4.74 Å². The number of anilines is 1. The Bertz CT molecular complexity index is 513. The van der Waals surface area contributed by atoms with Gasteiger partial charge < -0.3 is 20.5 Å². The Balaban J connectivity index is 2.45. The molecule has 0 aliphatic carbocycles. The molecule has 5 heteroatoms. The van der Waals surface area contributed by atoms with Crippen molar-refractivity contribution >= 4 is 11.6 Å². The molecule has 22 heavy (non-hydrogen) atoms. The van der Waals surface area contributed by atoms with Crippen LogP contribution >= 0.6 is 0 Å². The highest BCUT2D eigenvalue weighted by molar-refractivity contribution is 5.95. The molecule has 0 saturated carbocycles. The Hall–Kier alpha value is -2.01. The summed E-state index contributed by atoms with van der Waals surface area (Å²) in [5, 5.41) is 2.84. The van der Waals surface area contributed by atoms with Crippen LogP contribution in [0.3, 0.4) is 0 Å². The summed E-state index contributed by atoms with van der Waals surface area (Å²) in [7, 11) is 0. The lowest BCUT2D eigenvalue weighted by Gasteiger charge is -2.11. The van der Waals surface area contributed by atoms with E-state index in [1.54, 1.807) is 18.2 Å². The highest BCUT2D eigenvalue weighted by Crippen LogP contribution is 2.22. The molecule has 0 radical (unpaired) electrons. The number of amides is 1. The SMILES string of the molecule is C=C(C)COc1ccc(C(=O)NCCCOC(C)C)cc1N. The van der Waals surface area contributed by atoms with Crippen LogP contribution in [0.1, 0.15) is 37.6 Å². The Morgan fingerprint density at radius 2 is 2.14 bits per heavy atom.